The summed E-state index contributed by atoms with van der Waals surface area (Å²) < 4.78 is 12.3. The highest BCUT2D eigenvalue weighted by atomic mass is 79.9. The van der Waals surface area contributed by atoms with Gasteiger partial charge in [0.15, 0.2) is 11.5 Å². The fourth-order valence-electron chi connectivity index (χ4n) is 2.88. The molecule has 1 heterocycles. The van der Waals surface area contributed by atoms with Crippen molar-refractivity contribution in [3.05, 3.63) is 86.6 Å². The van der Waals surface area contributed by atoms with Crippen molar-refractivity contribution >= 4 is 39.7 Å². The topological polar surface area (TPSA) is 98.5 Å². The van der Waals surface area contributed by atoms with Crippen LogP contribution >= 0.6 is 28.3 Å². The van der Waals surface area contributed by atoms with Crippen molar-refractivity contribution in [3.63, 3.8) is 0 Å². The fourth-order valence-corrected chi connectivity index (χ4v) is 3.49. The summed E-state index contributed by atoms with van der Waals surface area (Å²) >= 11 is 3.57. The summed E-state index contributed by atoms with van der Waals surface area (Å²) in [5, 5.41) is 17.3. The van der Waals surface area contributed by atoms with E-state index in [2.05, 4.69) is 31.5 Å². The Morgan fingerprint density at radius 2 is 1.91 bits per heavy atom. The van der Waals surface area contributed by atoms with Crippen LogP contribution in [0, 0.1) is 10.1 Å². The van der Waals surface area contributed by atoms with E-state index in [1.807, 2.05) is 24.3 Å². The van der Waals surface area contributed by atoms with Crippen LogP contribution in [0.5, 0.6) is 11.5 Å². The Morgan fingerprint density at radius 1 is 1.12 bits per heavy atom. The number of nitro groups is 1. The zero-order valence-corrected chi connectivity index (χ0v) is 19.8. The van der Waals surface area contributed by atoms with E-state index in [1.165, 1.54) is 12.1 Å². The lowest BCUT2D eigenvalue weighted by Crippen LogP contribution is -2.21. The van der Waals surface area contributed by atoms with Crippen LogP contribution in [0.3, 0.4) is 0 Å². The van der Waals surface area contributed by atoms with E-state index in [-0.39, 0.29) is 18.1 Å². The van der Waals surface area contributed by atoms with Crippen LogP contribution in [0.2, 0.25) is 0 Å². The molecule has 0 bridgehead atoms. The first-order valence-corrected chi connectivity index (χ1v) is 10.4. The third kappa shape index (κ3) is 7.37. The Hall–Kier alpha value is -2.88. The number of methoxy groups -OCH3 is 1. The van der Waals surface area contributed by atoms with Crippen molar-refractivity contribution in [1.82, 2.24) is 10.3 Å². The minimum atomic E-state index is -0.410. The molecule has 0 saturated carbocycles. The van der Waals surface area contributed by atoms with Gasteiger partial charge in [-0.05, 0) is 51.8 Å². The fraction of sp³-hybridized carbons (Fsp3) is 0.227. The van der Waals surface area contributed by atoms with E-state index in [4.69, 9.17) is 9.47 Å². The van der Waals surface area contributed by atoms with Gasteiger partial charge in [-0.3, -0.25) is 15.1 Å². The molecule has 0 aliphatic carbocycles. The number of benzene rings is 2. The second-order valence-electron chi connectivity index (χ2n) is 6.67. The molecule has 10 heteroatoms. The number of hydrogen-bond acceptors (Lipinski definition) is 7. The van der Waals surface area contributed by atoms with Crippen molar-refractivity contribution in [1.29, 1.82) is 0 Å². The lowest BCUT2D eigenvalue weighted by atomic mass is 10.2. The van der Waals surface area contributed by atoms with E-state index in [1.54, 1.807) is 31.6 Å². The Labute approximate surface area is 201 Å². The van der Waals surface area contributed by atoms with Gasteiger partial charge in [0.1, 0.15) is 6.61 Å². The summed E-state index contributed by atoms with van der Waals surface area (Å²) in [4.78, 5) is 14.4. The largest absolute Gasteiger partial charge is 0.493 e. The molecule has 0 fully saturated rings. The van der Waals surface area contributed by atoms with Crippen molar-refractivity contribution in [3.8, 4) is 11.5 Å². The van der Waals surface area contributed by atoms with Gasteiger partial charge in [-0.25, -0.2) is 0 Å². The number of nitro benzene ring substituents is 1. The Bertz CT molecular complexity index is 1010. The lowest BCUT2D eigenvalue weighted by molar-refractivity contribution is -0.384. The zero-order chi connectivity index (χ0) is 22.1. The third-order valence-corrected chi connectivity index (χ3v) is 5.02. The number of ether oxygens (including phenoxy) is 2. The standard InChI is InChI=1S/C22H23BrN4O4.ClH/c1-30-21-12-17(11-20(23)22(21)31-15-16-3-2-8-24-13-16)14-25-9-10-26-18-4-6-19(7-5-18)27(28)29;/h2-8,11-13,25-26H,9-10,14-15H2,1H3;1H. The highest BCUT2D eigenvalue weighted by molar-refractivity contribution is 9.10. The van der Waals surface area contributed by atoms with E-state index < -0.39 is 4.92 Å². The molecule has 0 radical (unpaired) electrons. The first-order chi connectivity index (χ1) is 15.1. The summed E-state index contributed by atoms with van der Waals surface area (Å²) in [6, 6.07) is 14.1. The minimum absolute atomic E-state index is 0. The maximum absolute atomic E-state index is 10.7. The molecule has 0 aliphatic heterocycles. The number of nitrogens with one attached hydrogen (secondary N) is 2. The van der Waals surface area contributed by atoms with Gasteiger partial charge in [-0.2, -0.15) is 0 Å². The molecule has 0 spiro atoms. The van der Waals surface area contributed by atoms with Crippen molar-refractivity contribution in [2.24, 2.45) is 0 Å². The number of anilines is 1. The molecule has 0 saturated heterocycles. The van der Waals surface area contributed by atoms with Gasteiger partial charge in [-0.1, -0.05) is 6.07 Å². The average molecular weight is 524 g/mol. The van der Waals surface area contributed by atoms with Crippen LogP contribution in [-0.4, -0.2) is 30.1 Å². The zero-order valence-electron chi connectivity index (χ0n) is 17.4. The van der Waals surface area contributed by atoms with Crippen molar-refractivity contribution < 1.29 is 14.4 Å². The molecule has 2 N–H and O–H groups in total. The molecule has 1 aromatic heterocycles. The number of nitrogens with zero attached hydrogens (tertiary/aromatic N) is 2. The average Bonchev–Trinajstić information content (AvgIpc) is 2.78. The van der Waals surface area contributed by atoms with E-state index in [0.717, 1.165) is 27.8 Å². The summed E-state index contributed by atoms with van der Waals surface area (Å²) in [5.41, 5.74) is 2.94. The first-order valence-electron chi connectivity index (χ1n) is 9.64. The first kappa shape index (κ1) is 25.4. The summed E-state index contributed by atoms with van der Waals surface area (Å²) in [7, 11) is 1.62. The molecule has 170 valence electrons. The third-order valence-electron chi connectivity index (χ3n) is 4.43. The molecule has 0 aliphatic rings. The highest BCUT2D eigenvalue weighted by Gasteiger charge is 2.12. The minimum Gasteiger partial charge on any atom is -0.493 e. The number of halogens is 2. The van der Waals surface area contributed by atoms with Crippen LogP contribution in [0.1, 0.15) is 11.1 Å². The number of non-ortho nitro benzene ring substituents is 1. The summed E-state index contributed by atoms with van der Waals surface area (Å²) in [6.07, 6.45) is 3.49. The molecule has 32 heavy (non-hydrogen) atoms. The molecule has 0 unspecified atom stereocenters. The van der Waals surface area contributed by atoms with Crippen LogP contribution in [0.4, 0.5) is 11.4 Å². The van der Waals surface area contributed by atoms with Gasteiger partial charge < -0.3 is 20.1 Å². The number of pyridine rings is 1. The molecule has 3 aromatic rings. The predicted molar refractivity (Wildman–Crippen MR) is 130 cm³/mol. The van der Waals surface area contributed by atoms with E-state index in [9.17, 15) is 10.1 Å². The molecular formula is C22H24BrClN4O4. The van der Waals surface area contributed by atoms with Gasteiger partial charge in [0.2, 0.25) is 0 Å². The molecule has 3 rings (SSSR count). The van der Waals surface area contributed by atoms with Gasteiger partial charge in [0.25, 0.3) is 5.69 Å². The van der Waals surface area contributed by atoms with Crippen LogP contribution in [0.15, 0.2) is 65.4 Å². The van der Waals surface area contributed by atoms with E-state index >= 15 is 0 Å². The maximum Gasteiger partial charge on any atom is 0.269 e. The molecule has 0 amide bonds. The van der Waals surface area contributed by atoms with Crippen LogP contribution in [0.25, 0.3) is 0 Å². The molecule has 2 aromatic carbocycles. The SMILES string of the molecule is COc1cc(CNCCNc2ccc([N+](=O)[O-])cc2)cc(Br)c1OCc1cccnc1.Cl. The second-order valence-corrected chi connectivity index (χ2v) is 7.52. The van der Waals surface area contributed by atoms with Gasteiger partial charge in [0.05, 0.1) is 16.5 Å². The molecule has 0 atom stereocenters. The second kappa shape index (κ2) is 12.8. The smallest absolute Gasteiger partial charge is 0.269 e. The quantitative estimate of drug-likeness (QED) is 0.208. The van der Waals surface area contributed by atoms with Crippen molar-refractivity contribution in [2.45, 2.75) is 13.2 Å². The van der Waals surface area contributed by atoms with Crippen LogP contribution < -0.4 is 20.1 Å². The Morgan fingerprint density at radius 3 is 2.56 bits per heavy atom. The Kier molecular flexibility index (Phi) is 10.2. The van der Waals surface area contributed by atoms with Crippen LogP contribution in [-0.2, 0) is 13.2 Å². The molecule has 8 nitrogen and oxygen atoms in total. The summed E-state index contributed by atoms with van der Waals surface area (Å²) in [5.74, 6) is 1.30. The molecular weight excluding hydrogens is 500 g/mol. The van der Waals surface area contributed by atoms with Gasteiger partial charge in [0, 0.05) is 55.4 Å². The number of rotatable bonds is 11. The van der Waals surface area contributed by atoms with Crippen molar-refractivity contribution in [2.75, 3.05) is 25.5 Å². The maximum atomic E-state index is 10.7. The van der Waals surface area contributed by atoms with Gasteiger partial charge >= 0.3 is 0 Å². The van der Waals surface area contributed by atoms with E-state index in [0.29, 0.717) is 31.2 Å². The number of hydrogen-bond donors (Lipinski definition) is 2. The highest BCUT2D eigenvalue weighted by Crippen LogP contribution is 2.37. The normalized spacial score (nSPS) is 10.2. The van der Waals surface area contributed by atoms with Gasteiger partial charge in [-0.15, -0.1) is 12.4 Å². The summed E-state index contributed by atoms with van der Waals surface area (Å²) in [6.45, 7) is 2.45. The predicted octanol–water partition coefficient (Wildman–Crippen LogP) is 4.96. The monoisotopic (exact) mass is 522 g/mol. The Balaban J connectivity index is 0.00000363. The number of aromatic nitrogens is 1. The lowest BCUT2D eigenvalue weighted by Gasteiger charge is -2.15.